The van der Waals surface area contributed by atoms with Gasteiger partial charge in [0.25, 0.3) is 0 Å². The molecule has 8 nitrogen and oxygen atoms in total. The summed E-state index contributed by atoms with van der Waals surface area (Å²) >= 11 is 1.45. The van der Waals surface area contributed by atoms with Gasteiger partial charge < -0.3 is 15.4 Å². The standard InChI is InChI=1S/C21H23FN4O4S2/c1-4-26(32(28,29)16-8-6-15(22)7-9-16)12-20(27)24-17-11-14(5-10-19(17)30-3)18-13-31-21(23-2)25-18/h5-11,13H,4,12H2,1-3H3,(H,23,25)(H,24,27). The molecule has 0 unspecified atom stereocenters. The summed E-state index contributed by atoms with van der Waals surface area (Å²) in [5, 5.41) is 8.33. The largest absolute Gasteiger partial charge is 0.495 e. The minimum Gasteiger partial charge on any atom is -0.495 e. The second kappa shape index (κ2) is 10.1. The SMILES string of the molecule is CCN(CC(=O)Nc1cc(-c2csc(NC)n2)ccc1OC)S(=O)(=O)c1ccc(F)cc1. The highest BCUT2D eigenvalue weighted by Crippen LogP contribution is 2.32. The molecule has 1 heterocycles. The highest BCUT2D eigenvalue weighted by molar-refractivity contribution is 7.89. The highest BCUT2D eigenvalue weighted by Gasteiger charge is 2.25. The molecule has 0 radical (unpaired) electrons. The van der Waals surface area contributed by atoms with Crippen molar-refractivity contribution in [2.75, 3.05) is 37.9 Å². The number of ether oxygens (including phenoxy) is 1. The van der Waals surface area contributed by atoms with Gasteiger partial charge in [-0.25, -0.2) is 17.8 Å². The molecule has 0 atom stereocenters. The van der Waals surface area contributed by atoms with Crippen molar-refractivity contribution >= 4 is 38.1 Å². The van der Waals surface area contributed by atoms with Gasteiger partial charge in [-0.3, -0.25) is 4.79 Å². The Hall–Kier alpha value is -3.02. The van der Waals surface area contributed by atoms with Gasteiger partial charge in [0.05, 0.1) is 29.9 Å². The van der Waals surface area contributed by atoms with Crippen molar-refractivity contribution in [2.45, 2.75) is 11.8 Å². The number of hydrogen-bond acceptors (Lipinski definition) is 7. The first-order chi connectivity index (χ1) is 15.3. The number of methoxy groups -OCH3 is 1. The maximum atomic E-state index is 13.2. The molecule has 0 aliphatic rings. The van der Waals surface area contributed by atoms with Crippen molar-refractivity contribution in [3.05, 3.63) is 53.7 Å². The van der Waals surface area contributed by atoms with Crippen LogP contribution in [0.15, 0.2) is 52.7 Å². The number of benzene rings is 2. The predicted molar refractivity (Wildman–Crippen MR) is 123 cm³/mol. The predicted octanol–water partition coefficient (Wildman–Crippen LogP) is 3.65. The van der Waals surface area contributed by atoms with Crippen LogP contribution in [0, 0.1) is 5.82 Å². The lowest BCUT2D eigenvalue weighted by atomic mass is 10.1. The molecular weight excluding hydrogens is 455 g/mol. The van der Waals surface area contributed by atoms with Gasteiger partial charge in [-0.1, -0.05) is 6.92 Å². The monoisotopic (exact) mass is 478 g/mol. The first-order valence-corrected chi connectivity index (χ1v) is 12.0. The number of hydrogen-bond donors (Lipinski definition) is 2. The molecule has 1 aromatic heterocycles. The molecule has 32 heavy (non-hydrogen) atoms. The summed E-state index contributed by atoms with van der Waals surface area (Å²) in [5.74, 6) is -0.656. The number of nitrogens with zero attached hydrogens (tertiary/aromatic N) is 2. The van der Waals surface area contributed by atoms with E-state index in [-0.39, 0.29) is 11.4 Å². The van der Waals surface area contributed by atoms with Crippen LogP contribution in [0.5, 0.6) is 5.75 Å². The van der Waals surface area contributed by atoms with Crippen LogP contribution in [0.4, 0.5) is 15.2 Å². The van der Waals surface area contributed by atoms with Crippen molar-refractivity contribution in [1.29, 1.82) is 0 Å². The number of amides is 1. The average Bonchev–Trinajstić information content (AvgIpc) is 3.27. The molecule has 2 N–H and O–H groups in total. The third kappa shape index (κ3) is 5.23. The van der Waals surface area contributed by atoms with E-state index in [1.807, 2.05) is 11.4 Å². The lowest BCUT2D eigenvalue weighted by Crippen LogP contribution is -2.37. The van der Waals surface area contributed by atoms with Crippen LogP contribution in [0.3, 0.4) is 0 Å². The van der Waals surface area contributed by atoms with Crippen molar-refractivity contribution in [2.24, 2.45) is 0 Å². The third-order valence-electron chi connectivity index (χ3n) is 4.61. The zero-order valence-corrected chi connectivity index (χ0v) is 19.4. The Morgan fingerprint density at radius 1 is 1.22 bits per heavy atom. The number of carbonyl (C=O) groups excluding carboxylic acids is 1. The van der Waals surface area contributed by atoms with Crippen molar-refractivity contribution in [3.8, 4) is 17.0 Å². The molecule has 0 saturated carbocycles. The van der Waals surface area contributed by atoms with Crippen molar-refractivity contribution in [3.63, 3.8) is 0 Å². The van der Waals surface area contributed by atoms with Gasteiger partial charge in [0.2, 0.25) is 15.9 Å². The number of sulfonamides is 1. The Labute approximate surface area is 190 Å². The normalized spacial score (nSPS) is 11.4. The summed E-state index contributed by atoms with van der Waals surface area (Å²) in [6.07, 6.45) is 0. The Balaban J connectivity index is 1.80. The number of thiazole rings is 1. The molecule has 0 bridgehead atoms. The van der Waals surface area contributed by atoms with Crippen LogP contribution in [-0.4, -0.2) is 50.9 Å². The number of aromatic nitrogens is 1. The van der Waals surface area contributed by atoms with E-state index in [0.29, 0.717) is 11.4 Å². The van der Waals surface area contributed by atoms with E-state index in [0.717, 1.165) is 32.8 Å². The van der Waals surface area contributed by atoms with Crippen LogP contribution >= 0.6 is 11.3 Å². The number of nitrogens with one attached hydrogen (secondary N) is 2. The molecule has 1 amide bonds. The fourth-order valence-electron chi connectivity index (χ4n) is 2.96. The molecule has 0 fully saturated rings. The summed E-state index contributed by atoms with van der Waals surface area (Å²) in [6, 6.07) is 9.71. The smallest absolute Gasteiger partial charge is 0.243 e. The van der Waals surface area contributed by atoms with E-state index in [9.17, 15) is 17.6 Å². The van der Waals surface area contributed by atoms with Gasteiger partial charge >= 0.3 is 0 Å². The van der Waals surface area contributed by atoms with Gasteiger partial charge in [-0.15, -0.1) is 11.3 Å². The molecule has 0 saturated heterocycles. The maximum absolute atomic E-state index is 13.2. The van der Waals surface area contributed by atoms with Crippen molar-refractivity contribution < 1.29 is 22.3 Å². The van der Waals surface area contributed by atoms with E-state index in [2.05, 4.69) is 15.6 Å². The number of anilines is 2. The minimum atomic E-state index is -3.96. The number of carbonyl (C=O) groups is 1. The zero-order chi connectivity index (χ0) is 23.3. The Bertz CT molecular complexity index is 1200. The Morgan fingerprint density at radius 2 is 1.94 bits per heavy atom. The summed E-state index contributed by atoms with van der Waals surface area (Å²) in [5.41, 5.74) is 1.89. The highest BCUT2D eigenvalue weighted by atomic mass is 32.2. The van der Waals surface area contributed by atoms with Gasteiger partial charge in [-0.2, -0.15) is 4.31 Å². The fourth-order valence-corrected chi connectivity index (χ4v) is 5.04. The minimum absolute atomic E-state index is 0.0654. The van der Waals surface area contributed by atoms with E-state index in [4.69, 9.17) is 4.74 Å². The molecule has 0 spiro atoms. The first kappa shape index (κ1) is 23.6. The number of halogens is 1. The summed E-state index contributed by atoms with van der Waals surface area (Å²) in [7, 11) is -0.708. The lowest BCUT2D eigenvalue weighted by molar-refractivity contribution is -0.116. The molecule has 2 aromatic carbocycles. The van der Waals surface area contributed by atoms with Gasteiger partial charge in [0.1, 0.15) is 11.6 Å². The van der Waals surface area contributed by atoms with E-state index in [1.54, 1.807) is 26.1 Å². The number of likely N-dealkylation sites (N-methyl/N-ethyl adjacent to an activating group) is 1. The van der Waals surface area contributed by atoms with Crippen LogP contribution < -0.4 is 15.4 Å². The van der Waals surface area contributed by atoms with E-state index < -0.39 is 28.3 Å². The quantitative estimate of drug-likeness (QED) is 0.487. The van der Waals surface area contributed by atoms with Gasteiger partial charge in [0.15, 0.2) is 5.13 Å². The molecule has 170 valence electrons. The Morgan fingerprint density at radius 3 is 2.53 bits per heavy atom. The third-order valence-corrected chi connectivity index (χ3v) is 7.41. The second-order valence-corrected chi connectivity index (χ2v) is 9.43. The van der Waals surface area contributed by atoms with Crippen LogP contribution in [0.25, 0.3) is 11.3 Å². The molecule has 3 rings (SSSR count). The molecular formula is C21H23FN4O4S2. The lowest BCUT2D eigenvalue weighted by Gasteiger charge is -2.20. The molecule has 3 aromatic rings. The first-order valence-electron chi connectivity index (χ1n) is 9.65. The average molecular weight is 479 g/mol. The van der Waals surface area contributed by atoms with Gasteiger partial charge in [-0.05, 0) is 42.5 Å². The van der Waals surface area contributed by atoms with E-state index >= 15 is 0 Å². The second-order valence-electron chi connectivity index (χ2n) is 6.64. The zero-order valence-electron chi connectivity index (χ0n) is 17.8. The van der Waals surface area contributed by atoms with Crippen LogP contribution in [0.1, 0.15) is 6.92 Å². The summed E-state index contributed by atoms with van der Waals surface area (Å²) in [6.45, 7) is 1.28. The molecule has 11 heteroatoms. The molecule has 0 aliphatic heterocycles. The van der Waals surface area contributed by atoms with E-state index in [1.165, 1.54) is 30.6 Å². The summed E-state index contributed by atoms with van der Waals surface area (Å²) in [4.78, 5) is 17.1. The summed E-state index contributed by atoms with van der Waals surface area (Å²) < 4.78 is 45.2. The number of rotatable bonds is 9. The Kier molecular flexibility index (Phi) is 7.44. The van der Waals surface area contributed by atoms with Crippen LogP contribution in [-0.2, 0) is 14.8 Å². The maximum Gasteiger partial charge on any atom is 0.243 e. The fraction of sp³-hybridized carbons (Fsp3) is 0.238. The van der Waals surface area contributed by atoms with Crippen molar-refractivity contribution in [1.82, 2.24) is 9.29 Å². The van der Waals surface area contributed by atoms with Gasteiger partial charge in [0, 0.05) is 24.5 Å². The van der Waals surface area contributed by atoms with Crippen LogP contribution in [0.2, 0.25) is 0 Å². The topological polar surface area (TPSA) is 101 Å². The molecule has 0 aliphatic carbocycles.